The van der Waals surface area contributed by atoms with Crippen molar-refractivity contribution in [1.29, 1.82) is 0 Å². The average Bonchev–Trinajstić information content (AvgIpc) is 3.00. The number of aryl methyl sites for hydroxylation is 2. The first-order valence-electron chi connectivity index (χ1n) is 11.0. The summed E-state index contributed by atoms with van der Waals surface area (Å²) in [5.74, 6) is 0.629. The van der Waals surface area contributed by atoms with Crippen LogP contribution in [0.15, 0.2) is 44.2 Å². The van der Waals surface area contributed by atoms with E-state index in [0.717, 1.165) is 25.7 Å². The molecule has 0 N–H and O–H groups in total. The number of aromatic nitrogens is 5. The molecule has 1 saturated heterocycles. The van der Waals surface area contributed by atoms with Gasteiger partial charge in [0.05, 0.1) is 11.4 Å². The molecule has 33 heavy (non-hydrogen) atoms. The molecule has 0 amide bonds. The topological polar surface area (TPSA) is 112 Å². The molecular formula is C21H28N6O4S2. The Morgan fingerprint density at radius 1 is 1.03 bits per heavy atom. The Labute approximate surface area is 196 Å². The van der Waals surface area contributed by atoms with Crippen molar-refractivity contribution >= 4 is 32.9 Å². The highest BCUT2D eigenvalue weighted by Crippen LogP contribution is 2.22. The summed E-state index contributed by atoms with van der Waals surface area (Å²) >= 11 is 1.46. The quantitative estimate of drug-likeness (QED) is 0.363. The highest BCUT2D eigenvalue weighted by molar-refractivity contribution is 7.99. The van der Waals surface area contributed by atoms with E-state index >= 15 is 0 Å². The molecule has 0 bridgehead atoms. The lowest BCUT2D eigenvalue weighted by atomic mass is 10.2. The molecule has 1 fully saturated rings. The number of fused-ring (bicyclic) bond motifs is 1. The molecule has 3 aromatic rings. The first-order valence-corrected chi connectivity index (χ1v) is 13.4. The van der Waals surface area contributed by atoms with Crippen molar-refractivity contribution in [3.05, 3.63) is 45.5 Å². The van der Waals surface area contributed by atoms with E-state index in [1.807, 2.05) is 0 Å². The minimum absolute atomic E-state index is 0.216. The maximum atomic E-state index is 12.9. The average molecular weight is 493 g/mol. The van der Waals surface area contributed by atoms with Crippen LogP contribution in [0.25, 0.3) is 11.2 Å². The van der Waals surface area contributed by atoms with Crippen LogP contribution in [0.3, 0.4) is 0 Å². The number of sulfonamides is 1. The van der Waals surface area contributed by atoms with E-state index in [2.05, 4.69) is 9.97 Å². The van der Waals surface area contributed by atoms with Gasteiger partial charge in [0.15, 0.2) is 11.2 Å². The molecule has 4 rings (SSSR count). The lowest BCUT2D eigenvalue weighted by Crippen LogP contribution is -2.39. The molecule has 12 heteroatoms. The van der Waals surface area contributed by atoms with Crippen molar-refractivity contribution < 1.29 is 8.42 Å². The van der Waals surface area contributed by atoms with Crippen molar-refractivity contribution in [2.75, 3.05) is 18.8 Å². The second-order valence-electron chi connectivity index (χ2n) is 8.18. The van der Waals surface area contributed by atoms with Crippen LogP contribution in [0.4, 0.5) is 0 Å². The molecule has 0 saturated carbocycles. The lowest BCUT2D eigenvalue weighted by molar-refractivity contribution is 0.423. The number of rotatable bonds is 7. The fraction of sp³-hybridized carbons (Fsp3) is 0.524. The molecule has 0 unspecified atom stereocenters. The lowest BCUT2D eigenvalue weighted by Gasteiger charge is -2.19. The Hall–Kier alpha value is -2.44. The standard InChI is InChI=1S/C21H28N6O4S2/c1-24-15-23-19-18(24)20(28)27(21(29)25(19)2)12-7-13-32-17-9-8-16(14-22-17)33(30,31)26-10-5-3-4-6-11-26/h8-9,14-15H,3-7,10-13H2,1-2H3. The SMILES string of the molecule is Cn1cnc2c1c(=O)n(CCCSc1ccc(S(=O)(=O)N3CCCCCC3)cn1)c(=O)n2C. The summed E-state index contributed by atoms with van der Waals surface area (Å²) in [6.07, 6.45) is 7.43. The van der Waals surface area contributed by atoms with Gasteiger partial charge in [-0.1, -0.05) is 12.8 Å². The van der Waals surface area contributed by atoms with Crippen molar-refractivity contribution in [3.8, 4) is 0 Å². The van der Waals surface area contributed by atoms with Crippen molar-refractivity contribution in [2.45, 2.75) is 48.6 Å². The van der Waals surface area contributed by atoms with Gasteiger partial charge in [0, 0.05) is 45.7 Å². The van der Waals surface area contributed by atoms with Crippen molar-refractivity contribution in [3.63, 3.8) is 0 Å². The molecule has 1 aliphatic rings. The van der Waals surface area contributed by atoms with Crippen LogP contribution in [0.2, 0.25) is 0 Å². The number of pyridine rings is 1. The Bertz CT molecular complexity index is 1350. The third kappa shape index (κ3) is 4.78. The Morgan fingerprint density at radius 3 is 2.42 bits per heavy atom. The van der Waals surface area contributed by atoms with Gasteiger partial charge in [-0.05, 0) is 31.4 Å². The molecule has 0 atom stereocenters. The van der Waals surface area contributed by atoms with Crippen LogP contribution in [0.1, 0.15) is 32.1 Å². The first-order chi connectivity index (χ1) is 15.8. The first kappa shape index (κ1) is 23.7. The summed E-state index contributed by atoms with van der Waals surface area (Å²) in [5.41, 5.74) is 0.0295. The van der Waals surface area contributed by atoms with Crippen molar-refractivity contribution in [1.82, 2.24) is 28.0 Å². The van der Waals surface area contributed by atoms with Crippen LogP contribution < -0.4 is 11.2 Å². The van der Waals surface area contributed by atoms with E-state index < -0.39 is 15.7 Å². The third-order valence-corrected chi connectivity index (χ3v) is 8.80. The molecule has 0 spiro atoms. The van der Waals surface area contributed by atoms with Gasteiger partial charge in [0.2, 0.25) is 10.0 Å². The van der Waals surface area contributed by atoms with E-state index in [9.17, 15) is 18.0 Å². The molecule has 1 aliphatic heterocycles. The number of nitrogens with zero attached hydrogens (tertiary/aromatic N) is 6. The highest BCUT2D eigenvalue weighted by Gasteiger charge is 2.25. The smallest absolute Gasteiger partial charge is 0.328 e. The maximum Gasteiger partial charge on any atom is 0.332 e. The molecule has 3 aromatic heterocycles. The normalized spacial score (nSPS) is 15.7. The zero-order chi connectivity index (χ0) is 23.6. The van der Waals surface area contributed by atoms with E-state index in [1.165, 1.54) is 33.4 Å². The van der Waals surface area contributed by atoms with Gasteiger partial charge in [0.25, 0.3) is 5.56 Å². The zero-order valence-electron chi connectivity index (χ0n) is 18.8. The monoisotopic (exact) mass is 492 g/mol. The van der Waals surface area contributed by atoms with E-state index in [0.29, 0.717) is 41.5 Å². The molecular weight excluding hydrogens is 464 g/mol. The highest BCUT2D eigenvalue weighted by atomic mass is 32.2. The van der Waals surface area contributed by atoms with Gasteiger partial charge >= 0.3 is 5.69 Å². The Balaban J connectivity index is 1.39. The minimum Gasteiger partial charge on any atom is -0.328 e. The Morgan fingerprint density at radius 2 is 1.76 bits per heavy atom. The second kappa shape index (κ2) is 9.82. The number of thioether (sulfide) groups is 1. The molecule has 0 aliphatic carbocycles. The number of imidazole rings is 1. The summed E-state index contributed by atoms with van der Waals surface area (Å²) in [6.45, 7) is 1.39. The molecule has 4 heterocycles. The number of hydrogen-bond acceptors (Lipinski definition) is 7. The van der Waals surface area contributed by atoms with Crippen LogP contribution in [-0.4, -0.2) is 55.2 Å². The summed E-state index contributed by atoms with van der Waals surface area (Å²) in [4.78, 5) is 34.0. The van der Waals surface area contributed by atoms with E-state index in [1.54, 1.807) is 35.1 Å². The van der Waals surface area contributed by atoms with Gasteiger partial charge in [-0.3, -0.25) is 13.9 Å². The number of hydrogen-bond donors (Lipinski definition) is 0. The molecule has 0 aromatic carbocycles. The second-order valence-corrected chi connectivity index (χ2v) is 11.2. The Kier molecular flexibility index (Phi) is 7.05. The van der Waals surface area contributed by atoms with Gasteiger partial charge in [0.1, 0.15) is 4.90 Å². The fourth-order valence-electron chi connectivity index (χ4n) is 4.03. The molecule has 178 valence electrons. The molecule has 10 nitrogen and oxygen atoms in total. The van der Waals surface area contributed by atoms with Crippen LogP contribution in [-0.2, 0) is 30.7 Å². The predicted molar refractivity (Wildman–Crippen MR) is 127 cm³/mol. The largest absolute Gasteiger partial charge is 0.332 e. The zero-order valence-corrected chi connectivity index (χ0v) is 20.4. The third-order valence-electron chi connectivity index (χ3n) is 5.89. The van der Waals surface area contributed by atoms with Crippen LogP contribution >= 0.6 is 11.8 Å². The van der Waals surface area contributed by atoms with Crippen LogP contribution in [0, 0.1) is 0 Å². The minimum atomic E-state index is -3.51. The fourth-order valence-corrected chi connectivity index (χ4v) is 6.27. The van der Waals surface area contributed by atoms with Gasteiger partial charge in [-0.25, -0.2) is 23.2 Å². The summed E-state index contributed by atoms with van der Waals surface area (Å²) in [5, 5.41) is 0.701. The summed E-state index contributed by atoms with van der Waals surface area (Å²) in [6, 6.07) is 3.31. The van der Waals surface area contributed by atoms with Crippen LogP contribution in [0.5, 0.6) is 0 Å². The van der Waals surface area contributed by atoms with Gasteiger partial charge in [-0.15, -0.1) is 11.8 Å². The van der Waals surface area contributed by atoms with Crippen molar-refractivity contribution in [2.24, 2.45) is 14.1 Å². The van der Waals surface area contributed by atoms with Gasteiger partial charge in [-0.2, -0.15) is 4.31 Å². The molecule has 0 radical (unpaired) electrons. The van der Waals surface area contributed by atoms with E-state index in [-0.39, 0.29) is 17.0 Å². The van der Waals surface area contributed by atoms with E-state index in [4.69, 9.17) is 0 Å². The van der Waals surface area contributed by atoms with Gasteiger partial charge < -0.3 is 4.57 Å². The summed E-state index contributed by atoms with van der Waals surface area (Å²) < 4.78 is 31.5. The summed E-state index contributed by atoms with van der Waals surface area (Å²) in [7, 11) is -0.184. The maximum absolute atomic E-state index is 12.9. The predicted octanol–water partition coefficient (Wildman–Crippen LogP) is 1.58.